The average molecular weight is 215 g/mol. The predicted octanol–water partition coefficient (Wildman–Crippen LogP) is 2.49. The molecule has 76 valence electrons. The molecule has 2 rings (SSSR count). The van der Waals surface area contributed by atoms with Crippen LogP contribution in [0.4, 0.5) is 10.1 Å². The van der Waals surface area contributed by atoms with Gasteiger partial charge in [0.25, 0.3) is 0 Å². The summed E-state index contributed by atoms with van der Waals surface area (Å²) in [6, 6.07) is 3.09. The molecule has 1 aliphatic rings. The number of benzene rings is 1. The van der Waals surface area contributed by atoms with Gasteiger partial charge in [0.1, 0.15) is 5.82 Å². The molecule has 1 aromatic rings. The van der Waals surface area contributed by atoms with E-state index in [1.165, 1.54) is 12.1 Å². The summed E-state index contributed by atoms with van der Waals surface area (Å²) in [5.74, 6) is -0.391. The van der Waals surface area contributed by atoms with E-state index in [1.54, 1.807) is 0 Å². The zero-order valence-corrected chi connectivity index (χ0v) is 8.44. The van der Waals surface area contributed by atoms with Crippen molar-refractivity contribution in [3.63, 3.8) is 0 Å². The average Bonchev–Trinajstić information content (AvgIpc) is 2.64. The van der Waals surface area contributed by atoms with E-state index in [2.05, 4.69) is 5.32 Å². The zero-order chi connectivity index (χ0) is 10.1. The number of rotatable bonds is 1. The maximum absolute atomic E-state index is 13.2. The molecule has 0 spiro atoms. The molecular weight excluding hydrogens is 203 g/mol. The summed E-state index contributed by atoms with van der Waals surface area (Å²) >= 11 is 5.99. The third-order valence-electron chi connectivity index (χ3n) is 2.55. The Morgan fingerprint density at radius 2 is 2.29 bits per heavy atom. The van der Waals surface area contributed by atoms with E-state index in [4.69, 9.17) is 17.3 Å². The summed E-state index contributed by atoms with van der Waals surface area (Å²) in [4.78, 5) is 0. The lowest BCUT2D eigenvalue weighted by atomic mass is 10.0. The molecule has 1 saturated heterocycles. The highest BCUT2D eigenvalue weighted by Crippen LogP contribution is 2.31. The number of hydrogen-bond acceptors (Lipinski definition) is 2. The van der Waals surface area contributed by atoms with Crippen molar-refractivity contribution in [2.24, 2.45) is 0 Å². The molecule has 3 N–H and O–H groups in total. The molecule has 1 aliphatic heterocycles. The standard InChI is InChI=1S/C10H12ClFN2/c11-7-5-9(13)8(12)4-6(7)10-2-1-3-14-10/h4-5,10,14H,1-3,13H2/t10-/m0/s1. The van der Waals surface area contributed by atoms with Crippen LogP contribution in [-0.2, 0) is 0 Å². The van der Waals surface area contributed by atoms with Crippen molar-refractivity contribution in [1.29, 1.82) is 0 Å². The second-order valence-electron chi connectivity index (χ2n) is 3.54. The monoisotopic (exact) mass is 214 g/mol. The molecule has 1 aromatic carbocycles. The van der Waals surface area contributed by atoms with Crippen LogP contribution in [-0.4, -0.2) is 6.54 Å². The molecule has 0 saturated carbocycles. The first-order valence-corrected chi connectivity index (χ1v) is 5.04. The predicted molar refractivity (Wildman–Crippen MR) is 55.8 cm³/mol. The van der Waals surface area contributed by atoms with E-state index in [9.17, 15) is 4.39 Å². The van der Waals surface area contributed by atoms with Gasteiger partial charge in [0.15, 0.2) is 0 Å². The van der Waals surface area contributed by atoms with Gasteiger partial charge in [0, 0.05) is 11.1 Å². The van der Waals surface area contributed by atoms with Gasteiger partial charge in [-0.1, -0.05) is 11.6 Å². The Labute approximate surface area is 87.2 Å². The Balaban J connectivity index is 2.37. The lowest BCUT2D eigenvalue weighted by Crippen LogP contribution is -2.13. The lowest BCUT2D eigenvalue weighted by molar-refractivity contribution is 0.610. The van der Waals surface area contributed by atoms with Crippen LogP contribution in [0.5, 0.6) is 0 Å². The van der Waals surface area contributed by atoms with E-state index in [0.29, 0.717) is 5.02 Å². The van der Waals surface area contributed by atoms with Crippen LogP contribution < -0.4 is 11.1 Å². The minimum Gasteiger partial charge on any atom is -0.396 e. The topological polar surface area (TPSA) is 38.0 Å². The van der Waals surface area contributed by atoms with Crippen LogP contribution in [0.2, 0.25) is 5.02 Å². The largest absolute Gasteiger partial charge is 0.396 e. The third-order valence-corrected chi connectivity index (χ3v) is 2.88. The molecule has 1 fully saturated rings. The summed E-state index contributed by atoms with van der Waals surface area (Å²) < 4.78 is 13.2. The highest BCUT2D eigenvalue weighted by molar-refractivity contribution is 6.31. The second-order valence-corrected chi connectivity index (χ2v) is 3.95. The zero-order valence-electron chi connectivity index (χ0n) is 7.69. The van der Waals surface area contributed by atoms with Crippen LogP contribution in [0.25, 0.3) is 0 Å². The van der Waals surface area contributed by atoms with Gasteiger partial charge >= 0.3 is 0 Å². The molecule has 0 aliphatic carbocycles. The first-order chi connectivity index (χ1) is 6.68. The Kier molecular flexibility index (Phi) is 2.61. The van der Waals surface area contributed by atoms with Crippen LogP contribution >= 0.6 is 11.6 Å². The van der Waals surface area contributed by atoms with Gasteiger partial charge in [0.2, 0.25) is 0 Å². The number of nitrogens with two attached hydrogens (primary N) is 1. The van der Waals surface area contributed by atoms with Crippen molar-refractivity contribution in [2.45, 2.75) is 18.9 Å². The van der Waals surface area contributed by atoms with E-state index in [0.717, 1.165) is 24.9 Å². The first-order valence-electron chi connectivity index (χ1n) is 4.66. The minimum atomic E-state index is -0.391. The van der Waals surface area contributed by atoms with E-state index in [-0.39, 0.29) is 11.7 Å². The molecule has 1 heterocycles. The Morgan fingerprint density at radius 3 is 2.93 bits per heavy atom. The molecule has 1 atom stereocenters. The normalized spacial score (nSPS) is 21.4. The Hall–Kier alpha value is -0.800. The SMILES string of the molecule is Nc1cc(Cl)c([C@@H]2CCCN2)cc1F. The summed E-state index contributed by atoms with van der Waals surface area (Å²) in [6.07, 6.45) is 2.11. The minimum absolute atomic E-state index is 0.108. The number of halogens is 2. The van der Waals surface area contributed by atoms with Gasteiger partial charge in [-0.25, -0.2) is 4.39 Å². The molecule has 0 unspecified atom stereocenters. The molecular formula is C10H12ClFN2. The van der Waals surface area contributed by atoms with Crippen molar-refractivity contribution < 1.29 is 4.39 Å². The van der Waals surface area contributed by atoms with Crippen molar-refractivity contribution in [1.82, 2.24) is 5.32 Å². The first kappa shape index (κ1) is 9.74. The summed E-state index contributed by atoms with van der Waals surface area (Å²) in [5, 5.41) is 3.81. The Bertz CT molecular complexity index is 348. The van der Waals surface area contributed by atoms with Crippen molar-refractivity contribution in [3.05, 3.63) is 28.5 Å². The maximum atomic E-state index is 13.2. The van der Waals surface area contributed by atoms with Crippen molar-refractivity contribution in [2.75, 3.05) is 12.3 Å². The molecule has 0 amide bonds. The maximum Gasteiger partial charge on any atom is 0.146 e. The Morgan fingerprint density at radius 1 is 1.50 bits per heavy atom. The molecule has 0 bridgehead atoms. The van der Waals surface area contributed by atoms with Gasteiger partial charge in [-0.05, 0) is 37.1 Å². The fourth-order valence-corrected chi connectivity index (χ4v) is 2.10. The van der Waals surface area contributed by atoms with E-state index in [1.807, 2.05) is 0 Å². The number of nitrogen functional groups attached to an aromatic ring is 1. The highest BCUT2D eigenvalue weighted by atomic mass is 35.5. The number of hydrogen-bond donors (Lipinski definition) is 2. The van der Waals surface area contributed by atoms with E-state index >= 15 is 0 Å². The molecule has 0 radical (unpaired) electrons. The van der Waals surface area contributed by atoms with E-state index < -0.39 is 5.82 Å². The molecule has 4 heteroatoms. The number of anilines is 1. The molecule has 2 nitrogen and oxygen atoms in total. The fourth-order valence-electron chi connectivity index (χ4n) is 1.79. The van der Waals surface area contributed by atoms with Crippen molar-refractivity contribution >= 4 is 17.3 Å². The van der Waals surface area contributed by atoms with Gasteiger partial charge < -0.3 is 11.1 Å². The van der Waals surface area contributed by atoms with Crippen LogP contribution in [0, 0.1) is 5.82 Å². The fraction of sp³-hybridized carbons (Fsp3) is 0.400. The highest BCUT2D eigenvalue weighted by Gasteiger charge is 2.19. The van der Waals surface area contributed by atoms with Gasteiger partial charge in [0.05, 0.1) is 5.69 Å². The summed E-state index contributed by atoms with van der Waals surface area (Å²) in [6.45, 7) is 0.965. The molecule has 14 heavy (non-hydrogen) atoms. The smallest absolute Gasteiger partial charge is 0.146 e. The quantitative estimate of drug-likeness (QED) is 0.705. The third kappa shape index (κ3) is 1.70. The van der Waals surface area contributed by atoms with Gasteiger partial charge in [-0.3, -0.25) is 0 Å². The van der Waals surface area contributed by atoms with Gasteiger partial charge in [-0.2, -0.15) is 0 Å². The van der Waals surface area contributed by atoms with Gasteiger partial charge in [-0.15, -0.1) is 0 Å². The van der Waals surface area contributed by atoms with Crippen LogP contribution in [0.1, 0.15) is 24.4 Å². The molecule has 0 aromatic heterocycles. The summed E-state index contributed by atoms with van der Waals surface area (Å²) in [7, 11) is 0. The van der Waals surface area contributed by atoms with Crippen LogP contribution in [0.15, 0.2) is 12.1 Å². The lowest BCUT2D eigenvalue weighted by Gasteiger charge is -2.13. The van der Waals surface area contributed by atoms with Crippen LogP contribution in [0.3, 0.4) is 0 Å². The number of nitrogens with one attached hydrogen (secondary N) is 1. The van der Waals surface area contributed by atoms with Crippen molar-refractivity contribution in [3.8, 4) is 0 Å². The second kappa shape index (κ2) is 3.75. The summed E-state index contributed by atoms with van der Waals surface area (Å²) in [5.41, 5.74) is 6.33.